The Bertz CT molecular complexity index is 2560. The van der Waals surface area contributed by atoms with Gasteiger partial charge in [0.15, 0.2) is 6.10 Å². The highest BCUT2D eigenvalue weighted by Crippen LogP contribution is 2.68. The average molecular weight is 877 g/mol. The molecule has 6 aliphatic rings. The molecule has 14 heteroatoms. The Balaban J connectivity index is 1.40. The van der Waals surface area contributed by atoms with Gasteiger partial charge in [0.05, 0.1) is 40.1 Å². The number of hydrogen-bond acceptors (Lipinski definition) is 13. The summed E-state index contributed by atoms with van der Waals surface area (Å²) in [7, 11) is 7.46. The van der Waals surface area contributed by atoms with Gasteiger partial charge < -0.3 is 43.6 Å². The highest BCUT2D eigenvalue weighted by molar-refractivity contribution is 5.97. The molecule has 2 fully saturated rings. The number of methoxy groups -OCH3 is 4. The normalized spacial score (nSPS) is 32.3. The third-order valence-corrected chi connectivity index (χ3v) is 15.7. The number of carbonyl (C=O) groups excluding carboxylic acids is 4. The molecule has 2 aromatic carbocycles. The van der Waals surface area contributed by atoms with Crippen LogP contribution in [-0.4, -0.2) is 129 Å². The molecule has 340 valence electrons. The van der Waals surface area contributed by atoms with Gasteiger partial charge in [-0.1, -0.05) is 49.3 Å². The van der Waals surface area contributed by atoms with Crippen molar-refractivity contribution in [2.24, 2.45) is 11.3 Å². The Kier molecular flexibility index (Phi) is 10.6. The molecule has 2 bridgehead atoms. The second kappa shape index (κ2) is 15.5. The number of esters is 4. The van der Waals surface area contributed by atoms with E-state index >= 15 is 4.79 Å². The molecular formula is C50H60N4O10. The summed E-state index contributed by atoms with van der Waals surface area (Å²) in [6, 6.07) is 8.76. The fourth-order valence-corrected chi connectivity index (χ4v) is 13.4. The number of nitrogens with one attached hydrogen (secondary N) is 1. The number of likely N-dealkylation sites (N-methyl/N-ethyl adjacent to an activating group) is 1. The predicted molar refractivity (Wildman–Crippen MR) is 239 cm³/mol. The van der Waals surface area contributed by atoms with Crippen LogP contribution in [0.4, 0.5) is 5.69 Å². The van der Waals surface area contributed by atoms with Crippen molar-refractivity contribution in [3.63, 3.8) is 0 Å². The molecule has 6 heterocycles. The number of anilines is 1. The second-order valence-electron chi connectivity index (χ2n) is 18.8. The maximum atomic E-state index is 15.6. The number of benzene rings is 2. The minimum Gasteiger partial charge on any atom is -0.496 e. The van der Waals surface area contributed by atoms with Crippen molar-refractivity contribution in [1.29, 1.82) is 0 Å². The van der Waals surface area contributed by atoms with E-state index in [0.29, 0.717) is 67.3 Å². The van der Waals surface area contributed by atoms with E-state index in [0.717, 1.165) is 34.0 Å². The predicted octanol–water partition coefficient (Wildman–Crippen LogP) is 5.16. The molecule has 1 spiro atoms. The molecule has 0 radical (unpaired) electrons. The average Bonchev–Trinajstić information content (AvgIpc) is 3.94. The van der Waals surface area contributed by atoms with Crippen LogP contribution in [0.5, 0.6) is 5.75 Å². The summed E-state index contributed by atoms with van der Waals surface area (Å²) in [5, 5.41) is 14.3. The highest BCUT2D eigenvalue weighted by atomic mass is 16.6. The molecule has 9 rings (SSSR count). The smallest absolute Gasteiger partial charge is 0.344 e. The van der Waals surface area contributed by atoms with Crippen LogP contribution in [0.1, 0.15) is 74.4 Å². The van der Waals surface area contributed by atoms with Gasteiger partial charge in [-0.3, -0.25) is 14.5 Å². The molecule has 3 aromatic rings. The summed E-state index contributed by atoms with van der Waals surface area (Å²) < 4.78 is 29.5. The van der Waals surface area contributed by atoms with Gasteiger partial charge in [0.1, 0.15) is 11.2 Å². The fourth-order valence-electron chi connectivity index (χ4n) is 13.4. The minimum atomic E-state index is -2.34. The first-order valence-electron chi connectivity index (χ1n) is 22.4. The van der Waals surface area contributed by atoms with E-state index in [1.807, 2.05) is 62.3 Å². The van der Waals surface area contributed by atoms with Crippen LogP contribution in [0.2, 0.25) is 0 Å². The summed E-state index contributed by atoms with van der Waals surface area (Å²) in [5.74, 6) is -2.29. The Morgan fingerprint density at radius 3 is 2.41 bits per heavy atom. The van der Waals surface area contributed by atoms with E-state index in [4.69, 9.17) is 23.7 Å². The third kappa shape index (κ3) is 5.82. The number of rotatable bonds is 8. The molecule has 0 amide bonds. The van der Waals surface area contributed by atoms with Gasteiger partial charge in [-0.15, -0.1) is 0 Å². The molecule has 1 aliphatic carbocycles. The number of H-pyrrole nitrogens is 1. The van der Waals surface area contributed by atoms with Gasteiger partial charge in [-0.25, -0.2) is 9.59 Å². The van der Waals surface area contributed by atoms with Crippen molar-refractivity contribution in [3.8, 4) is 5.75 Å². The minimum absolute atomic E-state index is 0.157. The van der Waals surface area contributed by atoms with Crippen molar-refractivity contribution in [3.05, 3.63) is 93.9 Å². The third-order valence-electron chi connectivity index (χ3n) is 15.7. The molecule has 5 aliphatic heterocycles. The van der Waals surface area contributed by atoms with E-state index < -0.39 is 57.9 Å². The van der Waals surface area contributed by atoms with Crippen molar-refractivity contribution < 1.29 is 48.0 Å². The lowest BCUT2D eigenvalue weighted by molar-refractivity contribution is -0.228. The molecule has 1 aromatic heterocycles. The summed E-state index contributed by atoms with van der Waals surface area (Å²) in [6.07, 6.45) is 9.16. The number of ether oxygens (including phenoxy) is 5. The van der Waals surface area contributed by atoms with Crippen LogP contribution >= 0.6 is 0 Å². The van der Waals surface area contributed by atoms with Crippen LogP contribution in [0.25, 0.3) is 10.9 Å². The second-order valence-corrected chi connectivity index (χ2v) is 18.8. The Morgan fingerprint density at radius 2 is 1.73 bits per heavy atom. The molecule has 64 heavy (non-hydrogen) atoms. The quantitative estimate of drug-likeness (QED) is 0.174. The van der Waals surface area contributed by atoms with E-state index in [2.05, 4.69) is 39.9 Å². The largest absolute Gasteiger partial charge is 0.496 e. The standard InChI is InChI=1S/C50H60N4O10/c1-10-30-20-31-24-49(45(57)62-8,40-34(33-19-28(3)13-14-37(33)51-40)21-32(41(56)61-7)27-53(25-30)26-31)36-22-35-38(23-39(36)60-6)52(5)43-48(35)16-18-54-17-12-15-47(11-2,42(48)54)44(64-29(4)55)50(43,59)46(58)63-9/h12-15,19-20,22-23,27,31,42-44,51,59H,10-11,16-18,21,24-26H2,1-9H3/b32-27+/t31?,42-,43+,44+,47+,48+,49-,50-/m0/s1. The van der Waals surface area contributed by atoms with Crippen molar-refractivity contribution in [2.75, 3.05) is 66.6 Å². The number of aromatic nitrogens is 1. The van der Waals surface area contributed by atoms with Crippen LogP contribution < -0.4 is 9.64 Å². The highest BCUT2D eigenvalue weighted by Gasteiger charge is 2.80. The fraction of sp³-hybridized carbons (Fsp3) is 0.520. The molecular weight excluding hydrogens is 817 g/mol. The number of nitrogens with zero attached hydrogens (tertiary/aromatic N) is 3. The number of aromatic amines is 1. The van der Waals surface area contributed by atoms with Crippen LogP contribution in [0.3, 0.4) is 0 Å². The van der Waals surface area contributed by atoms with Crippen LogP contribution in [-0.2, 0) is 55.4 Å². The molecule has 1 unspecified atom stereocenters. The number of aryl methyl sites for hydroxylation is 1. The first-order valence-corrected chi connectivity index (χ1v) is 22.4. The van der Waals surface area contributed by atoms with Crippen molar-refractivity contribution in [2.45, 2.75) is 94.4 Å². The number of fused-ring (bicyclic) bond motifs is 6. The van der Waals surface area contributed by atoms with Gasteiger partial charge in [0.2, 0.25) is 5.60 Å². The first kappa shape index (κ1) is 43.6. The maximum absolute atomic E-state index is 15.6. The molecule has 14 nitrogen and oxygen atoms in total. The summed E-state index contributed by atoms with van der Waals surface area (Å²) in [4.78, 5) is 67.2. The number of carbonyl (C=O) groups is 4. The number of aliphatic hydroxyl groups is 1. The molecule has 2 N–H and O–H groups in total. The van der Waals surface area contributed by atoms with Gasteiger partial charge in [0, 0.05) is 97.0 Å². The topological polar surface area (TPSA) is 160 Å². The zero-order valence-corrected chi connectivity index (χ0v) is 38.3. The Hall–Kier alpha value is -5.60. The van der Waals surface area contributed by atoms with E-state index in [-0.39, 0.29) is 24.8 Å². The Labute approximate surface area is 374 Å². The van der Waals surface area contributed by atoms with Gasteiger partial charge in [-0.2, -0.15) is 0 Å². The first-order chi connectivity index (χ1) is 30.6. The zero-order valence-electron chi connectivity index (χ0n) is 38.3. The summed E-state index contributed by atoms with van der Waals surface area (Å²) in [5.41, 5.74) is 0.967. The van der Waals surface area contributed by atoms with Crippen LogP contribution in [0.15, 0.2) is 65.9 Å². The van der Waals surface area contributed by atoms with Crippen LogP contribution in [0, 0.1) is 18.3 Å². The summed E-state index contributed by atoms with van der Waals surface area (Å²) in [6.45, 7) is 9.82. The maximum Gasteiger partial charge on any atom is 0.344 e. The lowest BCUT2D eigenvalue weighted by atomic mass is 9.47. The lowest BCUT2D eigenvalue weighted by Crippen LogP contribution is -2.81. The molecule has 1 saturated carbocycles. The number of hydrogen-bond donors (Lipinski definition) is 2. The van der Waals surface area contributed by atoms with E-state index in [1.165, 1.54) is 33.8 Å². The van der Waals surface area contributed by atoms with Gasteiger partial charge >= 0.3 is 23.9 Å². The summed E-state index contributed by atoms with van der Waals surface area (Å²) >= 11 is 0. The van der Waals surface area contributed by atoms with Crippen molar-refractivity contribution >= 4 is 40.5 Å². The monoisotopic (exact) mass is 876 g/mol. The van der Waals surface area contributed by atoms with Crippen molar-refractivity contribution in [1.82, 2.24) is 14.8 Å². The molecule has 8 atom stereocenters. The van der Waals surface area contributed by atoms with Gasteiger partial charge in [0.25, 0.3) is 0 Å². The lowest BCUT2D eigenvalue weighted by Gasteiger charge is -2.63. The van der Waals surface area contributed by atoms with E-state index in [9.17, 15) is 19.5 Å². The zero-order chi connectivity index (χ0) is 45.7. The molecule has 1 saturated heterocycles. The van der Waals surface area contributed by atoms with Gasteiger partial charge in [-0.05, 0) is 74.4 Å². The Morgan fingerprint density at radius 1 is 0.969 bits per heavy atom. The van der Waals surface area contributed by atoms with E-state index in [1.54, 1.807) is 7.11 Å². The SMILES string of the molecule is CCC1=CC2CN(/C=C(/C(=O)OC)Cc3c([nH]c4ccc(C)cc34)[C@@](C(=O)OC)(c3cc4c(cc3OC)N(C)[C@H]3[C@@](O)(C(=O)OC)[C@H](OC(C)=O)[C@]5(CC)C=CCN6CC[C@]43[C@@H]65)C2)C1.